The van der Waals surface area contributed by atoms with Gasteiger partial charge in [-0.1, -0.05) is 46.0 Å². The van der Waals surface area contributed by atoms with Crippen molar-refractivity contribution in [2.24, 2.45) is 0 Å². The molecule has 0 heterocycles. The molecular formula is C18H36O5. The summed E-state index contributed by atoms with van der Waals surface area (Å²) in [5.41, 5.74) is 0. The minimum Gasteiger partial charge on any atom is -0.463 e. The van der Waals surface area contributed by atoms with Crippen LogP contribution in [0.3, 0.4) is 0 Å². The average molecular weight is 332 g/mol. The number of hydrogen-bond acceptors (Lipinski definition) is 5. The SMILES string of the molecule is CCCCCCCC(=O)OCCOCCOCCOCCCC. The van der Waals surface area contributed by atoms with Crippen molar-refractivity contribution in [3.8, 4) is 0 Å². The number of ether oxygens (including phenoxy) is 4. The third kappa shape index (κ3) is 19.3. The van der Waals surface area contributed by atoms with Crippen LogP contribution in [0.5, 0.6) is 0 Å². The number of carbonyl (C=O) groups excluding carboxylic acids is 1. The van der Waals surface area contributed by atoms with E-state index in [4.69, 9.17) is 18.9 Å². The highest BCUT2D eigenvalue weighted by molar-refractivity contribution is 5.69. The van der Waals surface area contributed by atoms with Crippen molar-refractivity contribution in [1.82, 2.24) is 0 Å². The van der Waals surface area contributed by atoms with Crippen LogP contribution in [-0.2, 0) is 23.7 Å². The number of hydrogen-bond donors (Lipinski definition) is 0. The predicted molar refractivity (Wildman–Crippen MR) is 91.7 cm³/mol. The second kappa shape index (κ2) is 19.4. The van der Waals surface area contributed by atoms with Gasteiger partial charge in [-0.2, -0.15) is 0 Å². The van der Waals surface area contributed by atoms with Crippen molar-refractivity contribution in [3.05, 3.63) is 0 Å². The minimum absolute atomic E-state index is 0.120. The Balaban J connectivity index is 3.10. The summed E-state index contributed by atoms with van der Waals surface area (Å²) in [4.78, 5) is 11.4. The van der Waals surface area contributed by atoms with Crippen LogP contribution in [0.15, 0.2) is 0 Å². The van der Waals surface area contributed by atoms with Crippen molar-refractivity contribution in [2.45, 2.75) is 65.2 Å². The Morgan fingerprint density at radius 2 is 1.13 bits per heavy atom. The molecule has 0 atom stereocenters. The van der Waals surface area contributed by atoms with Crippen molar-refractivity contribution >= 4 is 5.97 Å². The lowest BCUT2D eigenvalue weighted by atomic mass is 10.1. The monoisotopic (exact) mass is 332 g/mol. The van der Waals surface area contributed by atoms with Crippen LogP contribution in [0.4, 0.5) is 0 Å². The van der Waals surface area contributed by atoms with E-state index in [1.807, 2.05) is 0 Å². The summed E-state index contributed by atoms with van der Waals surface area (Å²) in [5.74, 6) is -0.120. The fourth-order valence-corrected chi connectivity index (χ4v) is 1.95. The molecular weight excluding hydrogens is 296 g/mol. The quantitative estimate of drug-likeness (QED) is 0.283. The van der Waals surface area contributed by atoms with Crippen molar-refractivity contribution < 1.29 is 23.7 Å². The molecule has 0 bridgehead atoms. The van der Waals surface area contributed by atoms with E-state index < -0.39 is 0 Å². The largest absolute Gasteiger partial charge is 0.463 e. The zero-order valence-electron chi connectivity index (χ0n) is 15.1. The van der Waals surface area contributed by atoms with Crippen LogP contribution >= 0.6 is 0 Å². The highest BCUT2D eigenvalue weighted by Gasteiger charge is 2.02. The van der Waals surface area contributed by atoms with E-state index in [1.165, 1.54) is 19.3 Å². The first kappa shape index (κ1) is 22.4. The first-order valence-corrected chi connectivity index (χ1v) is 9.20. The highest BCUT2D eigenvalue weighted by atomic mass is 16.6. The molecule has 0 unspecified atom stereocenters. The highest BCUT2D eigenvalue weighted by Crippen LogP contribution is 2.05. The Labute approximate surface area is 142 Å². The number of carbonyl (C=O) groups is 1. The van der Waals surface area contributed by atoms with Gasteiger partial charge in [0.05, 0.1) is 33.0 Å². The summed E-state index contributed by atoms with van der Waals surface area (Å²) >= 11 is 0. The van der Waals surface area contributed by atoms with Crippen LogP contribution in [0.2, 0.25) is 0 Å². The lowest BCUT2D eigenvalue weighted by Gasteiger charge is -2.07. The molecule has 0 fully saturated rings. The summed E-state index contributed by atoms with van der Waals surface area (Å²) in [6.45, 7) is 8.18. The van der Waals surface area contributed by atoms with Gasteiger partial charge in [-0.05, 0) is 12.8 Å². The van der Waals surface area contributed by atoms with Crippen LogP contribution in [0.1, 0.15) is 65.2 Å². The normalized spacial score (nSPS) is 10.9. The molecule has 138 valence electrons. The maximum atomic E-state index is 11.4. The van der Waals surface area contributed by atoms with Crippen LogP contribution in [-0.4, -0.2) is 52.2 Å². The molecule has 0 rings (SSSR count). The van der Waals surface area contributed by atoms with Crippen molar-refractivity contribution in [2.75, 3.05) is 46.2 Å². The molecule has 0 spiro atoms. The number of unbranched alkanes of at least 4 members (excludes halogenated alkanes) is 5. The van der Waals surface area contributed by atoms with Gasteiger partial charge in [0.1, 0.15) is 6.61 Å². The summed E-state index contributed by atoms with van der Waals surface area (Å²) in [6.07, 6.45) is 8.47. The molecule has 5 nitrogen and oxygen atoms in total. The summed E-state index contributed by atoms with van der Waals surface area (Å²) in [5, 5.41) is 0. The lowest BCUT2D eigenvalue weighted by Crippen LogP contribution is -2.14. The molecule has 0 aliphatic rings. The summed E-state index contributed by atoms with van der Waals surface area (Å²) < 4.78 is 21.2. The number of rotatable bonds is 18. The van der Waals surface area contributed by atoms with Gasteiger partial charge in [-0.15, -0.1) is 0 Å². The molecule has 5 heteroatoms. The molecule has 0 saturated heterocycles. The standard InChI is InChI=1S/C18H36O5/c1-3-5-7-8-9-10-18(19)23-17-16-22-15-14-21-13-12-20-11-6-4-2/h3-17H2,1-2H3. The van der Waals surface area contributed by atoms with E-state index in [2.05, 4.69) is 13.8 Å². The van der Waals surface area contributed by atoms with E-state index in [1.54, 1.807) is 0 Å². The topological polar surface area (TPSA) is 54.0 Å². The predicted octanol–water partition coefficient (Wildman–Crippen LogP) is 3.74. The van der Waals surface area contributed by atoms with Crippen molar-refractivity contribution in [3.63, 3.8) is 0 Å². The Kier molecular flexibility index (Phi) is 18.8. The Morgan fingerprint density at radius 1 is 0.609 bits per heavy atom. The van der Waals surface area contributed by atoms with E-state index in [0.717, 1.165) is 32.3 Å². The van der Waals surface area contributed by atoms with Crippen molar-refractivity contribution in [1.29, 1.82) is 0 Å². The van der Waals surface area contributed by atoms with E-state index in [9.17, 15) is 4.79 Å². The van der Waals surface area contributed by atoms with E-state index >= 15 is 0 Å². The van der Waals surface area contributed by atoms with E-state index in [-0.39, 0.29) is 5.97 Å². The third-order valence-corrected chi connectivity index (χ3v) is 3.36. The van der Waals surface area contributed by atoms with Crippen LogP contribution in [0.25, 0.3) is 0 Å². The molecule has 23 heavy (non-hydrogen) atoms. The maximum absolute atomic E-state index is 11.4. The molecule has 0 aliphatic heterocycles. The maximum Gasteiger partial charge on any atom is 0.305 e. The Bertz CT molecular complexity index is 246. The summed E-state index contributed by atoms with van der Waals surface area (Å²) in [7, 11) is 0. The van der Waals surface area contributed by atoms with E-state index in [0.29, 0.717) is 46.1 Å². The van der Waals surface area contributed by atoms with Crippen LogP contribution < -0.4 is 0 Å². The summed E-state index contributed by atoms with van der Waals surface area (Å²) in [6, 6.07) is 0. The molecule has 0 aromatic rings. The Morgan fingerprint density at radius 3 is 1.74 bits per heavy atom. The molecule has 0 saturated carbocycles. The smallest absolute Gasteiger partial charge is 0.305 e. The fourth-order valence-electron chi connectivity index (χ4n) is 1.95. The fraction of sp³-hybridized carbons (Fsp3) is 0.944. The average Bonchev–Trinajstić information content (AvgIpc) is 2.55. The van der Waals surface area contributed by atoms with Gasteiger partial charge in [-0.3, -0.25) is 4.79 Å². The zero-order chi connectivity index (χ0) is 17.0. The molecule has 0 radical (unpaired) electrons. The number of esters is 1. The van der Waals surface area contributed by atoms with Crippen LogP contribution in [0, 0.1) is 0 Å². The molecule has 0 aromatic heterocycles. The zero-order valence-corrected chi connectivity index (χ0v) is 15.1. The molecule has 0 aromatic carbocycles. The lowest BCUT2D eigenvalue weighted by molar-refractivity contribution is -0.145. The van der Waals surface area contributed by atoms with Gasteiger partial charge >= 0.3 is 5.97 Å². The second-order valence-corrected chi connectivity index (χ2v) is 5.58. The van der Waals surface area contributed by atoms with Gasteiger partial charge in [0, 0.05) is 13.0 Å². The minimum atomic E-state index is -0.120. The molecule has 0 aliphatic carbocycles. The first-order valence-electron chi connectivity index (χ1n) is 9.20. The van der Waals surface area contributed by atoms with Gasteiger partial charge < -0.3 is 18.9 Å². The van der Waals surface area contributed by atoms with Gasteiger partial charge in [0.25, 0.3) is 0 Å². The molecule has 0 N–H and O–H groups in total. The van der Waals surface area contributed by atoms with Gasteiger partial charge in [-0.25, -0.2) is 0 Å². The van der Waals surface area contributed by atoms with Gasteiger partial charge in [0.15, 0.2) is 0 Å². The second-order valence-electron chi connectivity index (χ2n) is 5.58. The Hall–Kier alpha value is -0.650. The van der Waals surface area contributed by atoms with Gasteiger partial charge in [0.2, 0.25) is 0 Å². The molecule has 0 amide bonds. The first-order chi connectivity index (χ1) is 11.3. The third-order valence-electron chi connectivity index (χ3n) is 3.36.